The number of halogens is 3. The quantitative estimate of drug-likeness (QED) is 0.425. The van der Waals surface area contributed by atoms with Gasteiger partial charge in [0.15, 0.2) is 11.5 Å². The van der Waals surface area contributed by atoms with Crippen LogP contribution in [0.4, 0.5) is 0 Å². The Bertz CT molecular complexity index is 808. The van der Waals surface area contributed by atoms with Gasteiger partial charge in [0, 0.05) is 28.2 Å². The van der Waals surface area contributed by atoms with Crippen molar-refractivity contribution in [3.8, 4) is 11.5 Å². The van der Waals surface area contributed by atoms with Crippen LogP contribution in [-0.4, -0.2) is 13.2 Å². The zero-order valence-electron chi connectivity index (χ0n) is 16.8. The van der Waals surface area contributed by atoms with E-state index in [1.807, 2.05) is 18.2 Å². The Morgan fingerprint density at radius 3 is 2.45 bits per heavy atom. The number of benzene rings is 2. The maximum absolute atomic E-state index is 6.26. The molecule has 6 heteroatoms. The van der Waals surface area contributed by atoms with Gasteiger partial charge in [-0.15, -0.1) is 0 Å². The molecule has 0 bridgehead atoms. The van der Waals surface area contributed by atoms with E-state index >= 15 is 0 Å². The lowest BCUT2D eigenvalue weighted by Gasteiger charge is -2.22. The topological polar surface area (TPSA) is 30.5 Å². The largest absolute Gasteiger partial charge is 0.493 e. The van der Waals surface area contributed by atoms with Crippen LogP contribution in [0.5, 0.6) is 11.5 Å². The second kappa shape index (κ2) is 11.5. The van der Waals surface area contributed by atoms with Gasteiger partial charge in [-0.05, 0) is 58.6 Å². The summed E-state index contributed by atoms with van der Waals surface area (Å²) in [6.07, 6.45) is 9.29. The molecule has 0 saturated heterocycles. The minimum atomic E-state index is 0.338. The van der Waals surface area contributed by atoms with Gasteiger partial charge < -0.3 is 14.8 Å². The zero-order valence-corrected chi connectivity index (χ0v) is 19.9. The summed E-state index contributed by atoms with van der Waals surface area (Å²) < 4.78 is 12.5. The van der Waals surface area contributed by atoms with Gasteiger partial charge >= 0.3 is 0 Å². The fourth-order valence-electron chi connectivity index (χ4n) is 3.73. The molecule has 29 heavy (non-hydrogen) atoms. The molecule has 0 aliphatic heterocycles. The first kappa shape index (κ1) is 22.7. The summed E-state index contributed by atoms with van der Waals surface area (Å²) in [4.78, 5) is 0. The highest BCUT2D eigenvalue weighted by molar-refractivity contribution is 9.10. The van der Waals surface area contributed by atoms with E-state index in [1.54, 1.807) is 13.2 Å². The summed E-state index contributed by atoms with van der Waals surface area (Å²) in [7, 11) is 1.66. The van der Waals surface area contributed by atoms with Crippen LogP contribution in [0.25, 0.3) is 0 Å². The van der Waals surface area contributed by atoms with E-state index in [1.165, 1.54) is 50.5 Å². The molecular formula is C23H28BrCl2NO2. The van der Waals surface area contributed by atoms with E-state index in [9.17, 15) is 0 Å². The molecule has 0 atom stereocenters. The normalized spacial score (nSPS) is 15.6. The smallest absolute Gasteiger partial charge is 0.175 e. The van der Waals surface area contributed by atoms with E-state index in [0.29, 0.717) is 34.2 Å². The van der Waals surface area contributed by atoms with Crippen molar-refractivity contribution in [1.29, 1.82) is 0 Å². The second-order valence-corrected chi connectivity index (χ2v) is 9.25. The Hall–Kier alpha value is -0.940. The highest BCUT2D eigenvalue weighted by Gasteiger charge is 2.15. The van der Waals surface area contributed by atoms with Crippen LogP contribution in [0.2, 0.25) is 10.0 Å². The van der Waals surface area contributed by atoms with Gasteiger partial charge in [0.25, 0.3) is 0 Å². The molecule has 0 spiro atoms. The summed E-state index contributed by atoms with van der Waals surface area (Å²) in [5.74, 6) is 1.38. The molecule has 158 valence electrons. The summed E-state index contributed by atoms with van der Waals surface area (Å²) >= 11 is 15.9. The SMILES string of the molecule is COc1cc(CNC2CCCCCCC2)cc(Br)c1OCc1ccc(Cl)cc1Cl. The number of rotatable bonds is 7. The first-order valence-corrected chi connectivity index (χ1v) is 11.8. The molecule has 0 unspecified atom stereocenters. The first-order valence-electron chi connectivity index (χ1n) is 10.2. The van der Waals surface area contributed by atoms with Gasteiger partial charge in [-0.2, -0.15) is 0 Å². The van der Waals surface area contributed by atoms with Crippen LogP contribution in [0, 0.1) is 0 Å². The van der Waals surface area contributed by atoms with E-state index in [0.717, 1.165) is 16.6 Å². The molecule has 2 aromatic carbocycles. The van der Waals surface area contributed by atoms with Crippen LogP contribution < -0.4 is 14.8 Å². The van der Waals surface area contributed by atoms with E-state index in [2.05, 4.69) is 27.3 Å². The van der Waals surface area contributed by atoms with Crippen molar-refractivity contribution in [2.45, 2.75) is 64.1 Å². The lowest BCUT2D eigenvalue weighted by atomic mass is 9.96. The van der Waals surface area contributed by atoms with Gasteiger partial charge in [-0.25, -0.2) is 0 Å². The monoisotopic (exact) mass is 499 g/mol. The first-order chi connectivity index (χ1) is 14.1. The summed E-state index contributed by atoms with van der Waals surface area (Å²) in [6, 6.07) is 10.1. The third-order valence-corrected chi connectivity index (χ3v) is 6.55. The molecule has 0 amide bonds. The minimum absolute atomic E-state index is 0.338. The Morgan fingerprint density at radius 1 is 1.03 bits per heavy atom. The lowest BCUT2D eigenvalue weighted by Crippen LogP contribution is -2.29. The molecule has 3 nitrogen and oxygen atoms in total. The van der Waals surface area contributed by atoms with Crippen LogP contribution in [0.15, 0.2) is 34.8 Å². The minimum Gasteiger partial charge on any atom is -0.493 e. The second-order valence-electron chi connectivity index (χ2n) is 7.56. The third-order valence-electron chi connectivity index (χ3n) is 5.38. The van der Waals surface area contributed by atoms with Crippen LogP contribution in [0.3, 0.4) is 0 Å². The molecule has 1 aliphatic rings. The molecule has 0 aromatic heterocycles. The summed E-state index contributed by atoms with van der Waals surface area (Å²) in [5.41, 5.74) is 2.05. The van der Waals surface area contributed by atoms with Gasteiger partial charge in [-0.3, -0.25) is 0 Å². The summed E-state index contributed by atoms with van der Waals surface area (Å²) in [5, 5.41) is 4.93. The van der Waals surface area contributed by atoms with Crippen molar-refractivity contribution in [1.82, 2.24) is 5.32 Å². The average Bonchev–Trinajstić information content (AvgIpc) is 2.67. The zero-order chi connectivity index (χ0) is 20.6. The van der Waals surface area contributed by atoms with Crippen LogP contribution in [-0.2, 0) is 13.2 Å². The van der Waals surface area contributed by atoms with Crippen molar-refractivity contribution in [2.75, 3.05) is 7.11 Å². The maximum Gasteiger partial charge on any atom is 0.175 e. The van der Waals surface area contributed by atoms with Crippen molar-refractivity contribution in [2.24, 2.45) is 0 Å². The fraction of sp³-hybridized carbons (Fsp3) is 0.478. The van der Waals surface area contributed by atoms with Gasteiger partial charge in [-0.1, -0.05) is 61.4 Å². The Balaban J connectivity index is 1.65. The predicted molar refractivity (Wildman–Crippen MR) is 124 cm³/mol. The average molecular weight is 501 g/mol. The lowest BCUT2D eigenvalue weighted by molar-refractivity contribution is 0.282. The van der Waals surface area contributed by atoms with Crippen molar-refractivity contribution in [3.63, 3.8) is 0 Å². The van der Waals surface area contributed by atoms with E-state index in [4.69, 9.17) is 32.7 Å². The van der Waals surface area contributed by atoms with Crippen molar-refractivity contribution >= 4 is 39.1 Å². The van der Waals surface area contributed by atoms with E-state index in [-0.39, 0.29) is 0 Å². The summed E-state index contributed by atoms with van der Waals surface area (Å²) in [6.45, 7) is 1.16. The highest BCUT2D eigenvalue weighted by atomic mass is 79.9. The molecule has 3 rings (SSSR count). The number of hydrogen-bond acceptors (Lipinski definition) is 3. The van der Waals surface area contributed by atoms with Gasteiger partial charge in [0.2, 0.25) is 0 Å². The number of methoxy groups -OCH3 is 1. The van der Waals surface area contributed by atoms with Crippen LogP contribution >= 0.6 is 39.1 Å². The van der Waals surface area contributed by atoms with Gasteiger partial charge in [0.05, 0.1) is 11.6 Å². The third kappa shape index (κ3) is 6.78. The molecule has 2 aromatic rings. The molecule has 1 aliphatic carbocycles. The van der Waals surface area contributed by atoms with Gasteiger partial charge in [0.1, 0.15) is 6.61 Å². The number of ether oxygens (including phenoxy) is 2. The van der Waals surface area contributed by atoms with Crippen LogP contribution in [0.1, 0.15) is 56.1 Å². The maximum atomic E-state index is 6.26. The number of hydrogen-bond donors (Lipinski definition) is 1. The molecule has 1 N–H and O–H groups in total. The number of nitrogens with one attached hydrogen (secondary N) is 1. The molecule has 1 fully saturated rings. The van der Waals surface area contributed by atoms with Crippen molar-refractivity contribution in [3.05, 3.63) is 56.0 Å². The molecular weight excluding hydrogens is 473 g/mol. The predicted octanol–water partition coefficient (Wildman–Crippen LogP) is 7.55. The Kier molecular flexibility index (Phi) is 8.98. The standard InChI is InChI=1S/C23H28BrCl2NO2/c1-28-22-12-16(14-27-19-7-5-3-2-4-6-8-19)11-20(24)23(22)29-15-17-9-10-18(25)13-21(17)26/h9-13,19,27H,2-8,14-15H2,1H3. The highest BCUT2D eigenvalue weighted by Crippen LogP contribution is 2.37. The molecule has 0 heterocycles. The molecule has 0 radical (unpaired) electrons. The fourth-order valence-corrected chi connectivity index (χ4v) is 4.79. The Labute approximate surface area is 192 Å². The van der Waals surface area contributed by atoms with E-state index < -0.39 is 0 Å². The molecule has 1 saturated carbocycles. The Morgan fingerprint density at radius 2 is 1.76 bits per heavy atom. The van der Waals surface area contributed by atoms with Crippen molar-refractivity contribution < 1.29 is 9.47 Å².